The maximum atomic E-state index is 13.0. The van der Waals surface area contributed by atoms with Gasteiger partial charge in [-0.05, 0) is 68.6 Å². The number of carbonyl (C=O) groups is 1. The molecule has 4 aliphatic carbocycles. The highest BCUT2D eigenvalue weighted by molar-refractivity contribution is 7.99. The molecule has 0 unspecified atom stereocenters. The fourth-order valence-corrected chi connectivity index (χ4v) is 8.00. The van der Waals surface area contributed by atoms with E-state index in [1.807, 2.05) is 36.4 Å². The summed E-state index contributed by atoms with van der Waals surface area (Å²) in [7, 11) is 0. The topological polar surface area (TPSA) is 57.8 Å². The molecule has 1 heterocycles. The van der Waals surface area contributed by atoms with Crippen molar-refractivity contribution in [3.63, 3.8) is 0 Å². The van der Waals surface area contributed by atoms with Crippen molar-refractivity contribution in [3.8, 4) is 22.5 Å². The Morgan fingerprint density at radius 1 is 0.971 bits per heavy atom. The molecule has 1 aromatic heterocycles. The van der Waals surface area contributed by atoms with Crippen LogP contribution >= 0.6 is 11.8 Å². The fraction of sp³-hybridized carbons (Fsp3) is 0.448. The van der Waals surface area contributed by atoms with Gasteiger partial charge in [0.2, 0.25) is 5.91 Å². The molecule has 4 saturated carbocycles. The van der Waals surface area contributed by atoms with Crippen LogP contribution in [0.2, 0.25) is 0 Å². The number of aromatic amines is 1. The quantitative estimate of drug-likeness (QED) is 0.384. The van der Waals surface area contributed by atoms with Crippen LogP contribution in [0.5, 0.6) is 0 Å². The lowest BCUT2D eigenvalue weighted by atomic mass is 9.48. The zero-order valence-electron chi connectivity index (χ0n) is 19.8. The molecule has 0 saturated heterocycles. The summed E-state index contributed by atoms with van der Waals surface area (Å²) in [6.07, 6.45) is 8.23. The van der Waals surface area contributed by atoms with Crippen LogP contribution in [0.25, 0.3) is 22.5 Å². The highest BCUT2D eigenvalue weighted by Gasteiger charge is 2.53. The standard InChI is InChI=1S/C29H33N3OS/c1-19(29-15-20-12-21(16-29)14-22(13-20)17-29)30-25(33)18-34-28-31-26(23-8-4-2-5-9-23)27(32-28)24-10-6-3-7-11-24/h2-11,19-22H,12-18H2,1H3,(H,30,33)(H,31,32)/t19-,20?,21?,22?,29?/m0/s1. The van der Waals surface area contributed by atoms with E-state index in [9.17, 15) is 4.79 Å². The number of hydrogen-bond donors (Lipinski definition) is 2. The van der Waals surface area contributed by atoms with Gasteiger partial charge in [-0.25, -0.2) is 4.98 Å². The minimum absolute atomic E-state index is 0.118. The number of nitrogens with one attached hydrogen (secondary N) is 2. The van der Waals surface area contributed by atoms with Crippen molar-refractivity contribution in [2.45, 2.75) is 56.6 Å². The Hall–Kier alpha value is -2.53. The second-order valence-corrected chi connectivity index (χ2v) is 11.8. The van der Waals surface area contributed by atoms with Gasteiger partial charge in [0.05, 0.1) is 17.1 Å². The SMILES string of the molecule is C[C@H](NC(=O)CSc1nc(-c2ccccc2)c(-c2ccccc2)[nH]1)C12CC3CC(CC(C3)C1)C2. The molecule has 2 aromatic carbocycles. The van der Waals surface area contributed by atoms with Crippen LogP contribution < -0.4 is 5.32 Å². The van der Waals surface area contributed by atoms with Gasteiger partial charge in [0.25, 0.3) is 0 Å². The van der Waals surface area contributed by atoms with E-state index in [1.165, 1.54) is 50.3 Å². The van der Waals surface area contributed by atoms with E-state index in [1.54, 1.807) is 0 Å². The Morgan fingerprint density at radius 3 is 2.12 bits per heavy atom. The van der Waals surface area contributed by atoms with Crippen molar-refractivity contribution in [1.82, 2.24) is 15.3 Å². The van der Waals surface area contributed by atoms with Crippen LogP contribution in [0.1, 0.15) is 45.4 Å². The normalized spacial score (nSPS) is 28.1. The number of imidazole rings is 1. The van der Waals surface area contributed by atoms with Crippen LogP contribution in [0.15, 0.2) is 65.8 Å². The van der Waals surface area contributed by atoms with Crippen molar-refractivity contribution in [2.24, 2.45) is 23.2 Å². The number of H-pyrrole nitrogens is 1. The van der Waals surface area contributed by atoms with Gasteiger partial charge >= 0.3 is 0 Å². The first-order valence-electron chi connectivity index (χ1n) is 12.7. The van der Waals surface area contributed by atoms with Gasteiger partial charge in [0, 0.05) is 17.2 Å². The minimum atomic E-state index is 0.118. The maximum Gasteiger partial charge on any atom is 0.230 e. The van der Waals surface area contributed by atoms with Crippen molar-refractivity contribution in [2.75, 3.05) is 5.75 Å². The number of carbonyl (C=O) groups excluding carboxylic acids is 1. The first kappa shape index (κ1) is 22.0. The van der Waals surface area contributed by atoms with E-state index in [2.05, 4.69) is 41.5 Å². The van der Waals surface area contributed by atoms with E-state index < -0.39 is 0 Å². The molecule has 4 fully saturated rings. The Kier molecular flexibility index (Phi) is 5.76. The fourth-order valence-electron chi connectivity index (χ4n) is 7.32. The summed E-state index contributed by atoms with van der Waals surface area (Å²) in [6.45, 7) is 2.25. The predicted octanol–water partition coefficient (Wildman–Crippen LogP) is 6.56. The summed E-state index contributed by atoms with van der Waals surface area (Å²) in [5.74, 6) is 3.20. The summed E-state index contributed by atoms with van der Waals surface area (Å²) in [6, 6.07) is 20.8. The molecule has 3 aromatic rings. The maximum absolute atomic E-state index is 13.0. The van der Waals surface area contributed by atoms with E-state index in [4.69, 9.17) is 4.98 Å². The third kappa shape index (κ3) is 4.19. The van der Waals surface area contributed by atoms with Gasteiger partial charge < -0.3 is 10.3 Å². The molecule has 1 amide bonds. The van der Waals surface area contributed by atoms with Crippen molar-refractivity contribution in [3.05, 3.63) is 60.7 Å². The third-order valence-electron chi connectivity index (χ3n) is 8.51. The molecule has 4 bridgehead atoms. The molecule has 34 heavy (non-hydrogen) atoms. The predicted molar refractivity (Wildman–Crippen MR) is 138 cm³/mol. The number of benzene rings is 2. The van der Waals surface area contributed by atoms with Crippen LogP contribution in [-0.2, 0) is 4.79 Å². The number of hydrogen-bond acceptors (Lipinski definition) is 3. The molecular formula is C29H33N3OS. The Morgan fingerprint density at radius 2 is 1.53 bits per heavy atom. The number of aromatic nitrogens is 2. The molecule has 1 atom stereocenters. The summed E-state index contributed by atoms with van der Waals surface area (Å²) >= 11 is 1.49. The molecule has 176 valence electrons. The number of amides is 1. The number of rotatable bonds is 7. The molecule has 5 heteroatoms. The van der Waals surface area contributed by atoms with Crippen LogP contribution in [0.3, 0.4) is 0 Å². The van der Waals surface area contributed by atoms with Gasteiger partial charge in [-0.15, -0.1) is 0 Å². The number of nitrogens with zero attached hydrogens (tertiary/aromatic N) is 1. The molecular weight excluding hydrogens is 438 g/mol. The summed E-state index contributed by atoms with van der Waals surface area (Å²) in [4.78, 5) is 21.4. The summed E-state index contributed by atoms with van der Waals surface area (Å²) in [5, 5.41) is 4.18. The Balaban J connectivity index is 1.15. The summed E-state index contributed by atoms with van der Waals surface area (Å²) in [5.41, 5.74) is 4.43. The first-order chi connectivity index (χ1) is 16.6. The smallest absolute Gasteiger partial charge is 0.230 e. The highest BCUT2D eigenvalue weighted by Crippen LogP contribution is 2.61. The van der Waals surface area contributed by atoms with E-state index >= 15 is 0 Å². The van der Waals surface area contributed by atoms with E-state index in [0.717, 1.165) is 45.4 Å². The van der Waals surface area contributed by atoms with Gasteiger partial charge in [0.1, 0.15) is 0 Å². The van der Waals surface area contributed by atoms with Crippen molar-refractivity contribution in [1.29, 1.82) is 0 Å². The molecule has 4 nitrogen and oxygen atoms in total. The average molecular weight is 472 g/mol. The second-order valence-electron chi connectivity index (χ2n) is 10.9. The molecule has 4 aliphatic rings. The van der Waals surface area contributed by atoms with E-state index in [0.29, 0.717) is 11.2 Å². The first-order valence-corrected chi connectivity index (χ1v) is 13.7. The van der Waals surface area contributed by atoms with Gasteiger partial charge in [-0.3, -0.25) is 4.79 Å². The van der Waals surface area contributed by atoms with Crippen LogP contribution in [0, 0.1) is 23.2 Å². The van der Waals surface area contributed by atoms with Gasteiger partial charge in [-0.2, -0.15) is 0 Å². The Labute approximate surface area is 206 Å². The van der Waals surface area contributed by atoms with E-state index in [-0.39, 0.29) is 11.9 Å². The lowest BCUT2D eigenvalue weighted by molar-refractivity contribution is -0.123. The molecule has 2 N–H and O–H groups in total. The average Bonchev–Trinajstić information content (AvgIpc) is 3.27. The van der Waals surface area contributed by atoms with Crippen molar-refractivity contribution >= 4 is 17.7 Å². The highest BCUT2D eigenvalue weighted by atomic mass is 32.2. The molecule has 0 aliphatic heterocycles. The zero-order valence-corrected chi connectivity index (χ0v) is 20.6. The third-order valence-corrected chi connectivity index (χ3v) is 9.39. The zero-order chi connectivity index (χ0) is 23.1. The van der Waals surface area contributed by atoms with Gasteiger partial charge in [0.15, 0.2) is 5.16 Å². The second kappa shape index (κ2) is 8.92. The lowest BCUT2D eigenvalue weighted by Crippen LogP contribution is -2.56. The molecule has 0 spiro atoms. The number of thioether (sulfide) groups is 1. The van der Waals surface area contributed by atoms with Crippen LogP contribution in [0.4, 0.5) is 0 Å². The van der Waals surface area contributed by atoms with Crippen LogP contribution in [-0.4, -0.2) is 27.7 Å². The summed E-state index contributed by atoms with van der Waals surface area (Å²) < 4.78 is 0. The van der Waals surface area contributed by atoms with Crippen molar-refractivity contribution < 1.29 is 4.79 Å². The lowest BCUT2D eigenvalue weighted by Gasteiger charge is -2.59. The largest absolute Gasteiger partial charge is 0.352 e. The molecule has 7 rings (SSSR count). The van der Waals surface area contributed by atoms with Gasteiger partial charge in [-0.1, -0.05) is 72.4 Å². The Bertz CT molecular complexity index is 1060. The monoisotopic (exact) mass is 471 g/mol. The minimum Gasteiger partial charge on any atom is -0.352 e. The molecule has 0 radical (unpaired) electrons.